The number of ether oxygens (including phenoxy) is 3. The Morgan fingerprint density at radius 3 is 1.97 bits per heavy atom. The van der Waals surface area contributed by atoms with Crippen LogP contribution in [0.4, 0.5) is 29.6 Å². The van der Waals surface area contributed by atoms with Crippen molar-refractivity contribution < 1.29 is 91.4 Å². The fraction of sp³-hybridized carbons (Fsp3) is 0.314. The second-order valence-corrected chi connectivity index (χ2v) is 23.3. The zero-order valence-electron chi connectivity index (χ0n) is 37.2. The third kappa shape index (κ3) is 22.7. The number of carbonyl (C=O) groups excluding carboxylic acids is 2. The average Bonchev–Trinajstić information content (AvgIpc) is 3.22. The quantitative estimate of drug-likeness (QED) is 0.0406. The van der Waals surface area contributed by atoms with Gasteiger partial charge in [0.25, 0.3) is 21.6 Å². The monoisotopic (exact) mass is 1110 g/mol. The zero-order chi connectivity index (χ0) is 54.0. The van der Waals surface area contributed by atoms with Crippen molar-refractivity contribution in [3.63, 3.8) is 0 Å². The number of benzene rings is 2. The van der Waals surface area contributed by atoms with E-state index in [0.29, 0.717) is 29.3 Å². The lowest BCUT2D eigenvalue weighted by Gasteiger charge is -2.14. The van der Waals surface area contributed by atoms with Crippen LogP contribution in [-0.4, -0.2) is 131 Å². The number of urea groups is 1. The number of alkyl halides is 3. The number of anilines is 1. The number of methoxy groups -OCH3 is 2. The van der Waals surface area contributed by atoms with E-state index >= 15 is 0 Å². The molecule has 3 amide bonds. The molecule has 26 nitrogen and oxygen atoms in total. The van der Waals surface area contributed by atoms with Gasteiger partial charge in [0.1, 0.15) is 29.6 Å². The predicted molar refractivity (Wildman–Crippen MR) is 244 cm³/mol. The Kier molecular flexibility index (Phi) is 23.8. The van der Waals surface area contributed by atoms with Crippen molar-refractivity contribution in [2.24, 2.45) is 0 Å². The highest BCUT2D eigenvalue weighted by atomic mass is 35.5. The molecule has 0 saturated heterocycles. The fourth-order valence-corrected chi connectivity index (χ4v) is 7.88. The molecule has 4 rings (SSSR count). The maximum atomic E-state index is 12.7. The number of nitrogens with zero attached hydrogens (tertiary/aromatic N) is 4. The summed E-state index contributed by atoms with van der Waals surface area (Å²) in [5.74, 6) is -3.37. The second-order valence-electron chi connectivity index (χ2n) is 13.3. The van der Waals surface area contributed by atoms with E-state index in [-0.39, 0.29) is 35.0 Å². The Balaban J connectivity index is 0.000000552. The van der Waals surface area contributed by atoms with E-state index in [1.54, 1.807) is 9.44 Å². The van der Waals surface area contributed by atoms with E-state index in [9.17, 15) is 72.4 Å². The van der Waals surface area contributed by atoms with E-state index < -0.39 is 111 Å². The van der Waals surface area contributed by atoms with Crippen LogP contribution in [-0.2, 0) is 56.3 Å². The molecule has 70 heavy (non-hydrogen) atoms. The first kappa shape index (κ1) is 62.1. The first-order valence-electron chi connectivity index (χ1n) is 18.3. The van der Waals surface area contributed by atoms with Crippen molar-refractivity contribution in [2.45, 2.75) is 23.0 Å². The van der Waals surface area contributed by atoms with Crippen molar-refractivity contribution in [3.05, 3.63) is 87.1 Å². The lowest BCUT2D eigenvalue weighted by Crippen LogP contribution is -2.36. The van der Waals surface area contributed by atoms with Gasteiger partial charge < -0.3 is 33.7 Å². The number of carboxylic acid groups (broad SMARTS) is 1. The summed E-state index contributed by atoms with van der Waals surface area (Å²) >= 11 is 5.76. The molecule has 0 radical (unpaired) electrons. The molecule has 35 heteroatoms. The zero-order valence-corrected chi connectivity index (χ0v) is 42.1. The molecule has 0 aliphatic heterocycles. The van der Waals surface area contributed by atoms with E-state index in [2.05, 4.69) is 39.0 Å². The summed E-state index contributed by atoms with van der Waals surface area (Å²) in [5, 5.41) is 21.9. The van der Waals surface area contributed by atoms with Gasteiger partial charge in [0, 0.05) is 18.3 Å². The number of sulfone groups is 1. The molecular formula is C35H43ClF3N8O18PS4. The van der Waals surface area contributed by atoms with Gasteiger partial charge in [0.2, 0.25) is 27.7 Å². The van der Waals surface area contributed by atoms with Gasteiger partial charge >= 0.3 is 18.2 Å². The lowest BCUT2D eigenvalue weighted by atomic mass is 10.1. The number of rotatable bonds is 16. The summed E-state index contributed by atoms with van der Waals surface area (Å²) in [6.07, 6.45) is 3.03. The van der Waals surface area contributed by atoms with Crippen LogP contribution in [0.15, 0.2) is 70.7 Å². The number of carboxylic acids is 1. The van der Waals surface area contributed by atoms with Gasteiger partial charge in [-0.05, 0) is 47.3 Å². The van der Waals surface area contributed by atoms with Gasteiger partial charge in [-0.1, -0.05) is 18.5 Å². The Hall–Kier alpha value is -5.93. The first-order chi connectivity index (χ1) is 32.0. The highest BCUT2D eigenvalue weighted by Gasteiger charge is 2.32. The summed E-state index contributed by atoms with van der Waals surface area (Å²) < 4.78 is 138. The second kappa shape index (κ2) is 26.9. The Bertz CT molecular complexity index is 2870. The van der Waals surface area contributed by atoms with Crippen LogP contribution in [0.25, 0.3) is 0 Å². The number of carbonyl (C=O) groups is 3. The molecule has 6 N–H and O–H groups in total. The van der Waals surface area contributed by atoms with Gasteiger partial charge in [-0.3, -0.25) is 30.3 Å². The molecule has 0 fully saturated rings. The number of sulfonamides is 2. The van der Waals surface area contributed by atoms with Crippen LogP contribution in [0, 0.1) is 10.1 Å². The summed E-state index contributed by atoms with van der Waals surface area (Å²) in [5.41, 5.74) is -2.34. The van der Waals surface area contributed by atoms with Gasteiger partial charge in [0.15, 0.2) is 14.9 Å². The molecular weight excluding hydrogens is 1070 g/mol. The molecule has 4 aromatic rings. The van der Waals surface area contributed by atoms with Crippen molar-refractivity contribution in [3.8, 4) is 23.3 Å². The molecule has 388 valence electrons. The van der Waals surface area contributed by atoms with Gasteiger partial charge in [-0.15, -0.1) is 0 Å². The van der Waals surface area contributed by atoms with Crippen molar-refractivity contribution >= 4 is 89.5 Å². The number of aromatic nitrogens is 3. The molecule has 0 aliphatic rings. The molecule has 2 heterocycles. The maximum absolute atomic E-state index is 12.7. The number of halogens is 4. The number of pyridine rings is 1. The van der Waals surface area contributed by atoms with Gasteiger partial charge in [-0.25, -0.2) is 36.1 Å². The van der Waals surface area contributed by atoms with Crippen molar-refractivity contribution in [1.82, 2.24) is 29.7 Å². The molecule has 2 aromatic heterocycles. The van der Waals surface area contributed by atoms with E-state index in [4.69, 9.17) is 35.8 Å². The molecule has 0 bridgehead atoms. The van der Waals surface area contributed by atoms with E-state index in [0.717, 1.165) is 36.5 Å². The third-order valence-electron chi connectivity index (χ3n) is 7.02. The number of hydrogen-bond acceptors (Lipinski definition) is 20. The molecule has 1 unspecified atom stereocenters. The Morgan fingerprint density at radius 2 is 1.51 bits per heavy atom. The number of amides is 3. The van der Waals surface area contributed by atoms with E-state index in [1.807, 2.05) is 5.32 Å². The summed E-state index contributed by atoms with van der Waals surface area (Å²) in [6, 6.07) is 7.56. The van der Waals surface area contributed by atoms with Gasteiger partial charge in [0.05, 0.1) is 79.4 Å². The standard InChI is InChI=1S/C15H10ClF3N2O6S.C14H17N5O7S2.C3H8NO5P.C3H9S/c1-28(25,26)20-14(22)10-7-9(3-4-12(10)21(23)24)27-13-5-2-8(6-11(13)16)15(17,18)19;1-4-27(21,22)9-6-5-7-15-12(9)28(23,24)19-14(20)18-13-16-10(25-2)8-11(17-13)26-3;5-3(6)1-4-2-10(7,8)9;1-4(2)3/h2-7H,1H3,(H,20,22);5-8H,4H2,1-3H3,(H2,16,17,18,19,20);4H,1-2H2,(H,5,6)(H2,7,8,9);1-3H3/q;;;+1/p-1. The van der Waals surface area contributed by atoms with Crippen LogP contribution < -0.4 is 39.2 Å². The third-order valence-corrected chi connectivity index (χ3v) is 11.7. The molecule has 0 spiro atoms. The molecule has 0 saturated carbocycles. The molecule has 1 atom stereocenters. The van der Waals surface area contributed by atoms with Crippen LogP contribution in [0.3, 0.4) is 0 Å². The van der Waals surface area contributed by atoms with Crippen LogP contribution >= 0.6 is 19.2 Å². The van der Waals surface area contributed by atoms with Gasteiger partial charge in [-0.2, -0.15) is 31.6 Å². The smallest absolute Gasteiger partial charge is 0.416 e. The lowest BCUT2D eigenvalue weighted by molar-refractivity contribution is -0.385. The minimum atomic E-state index is -4.62. The Labute approximate surface area is 405 Å². The van der Waals surface area contributed by atoms with E-state index in [1.165, 1.54) is 33.3 Å². The van der Waals surface area contributed by atoms with Crippen LogP contribution in [0.5, 0.6) is 23.3 Å². The molecule has 2 aromatic carbocycles. The Morgan fingerprint density at radius 1 is 0.943 bits per heavy atom. The highest BCUT2D eigenvalue weighted by Crippen LogP contribution is 2.37. The number of aliphatic carboxylic acids is 1. The summed E-state index contributed by atoms with van der Waals surface area (Å²) in [6.45, 7) is 0.874. The normalized spacial score (nSPS) is 12.1. The largest absolute Gasteiger partial charge is 0.778 e. The summed E-state index contributed by atoms with van der Waals surface area (Å²) in [7, 11) is -13.6. The number of hydrogen-bond donors (Lipinski definition) is 6. The molecule has 0 aliphatic carbocycles. The minimum Gasteiger partial charge on any atom is -0.778 e. The highest BCUT2D eigenvalue weighted by molar-refractivity contribution is 7.94. The van der Waals surface area contributed by atoms with Crippen LogP contribution in [0.2, 0.25) is 5.02 Å². The number of nitro groups is 1. The number of nitrogens with one attached hydrogen (secondary N) is 4. The van der Waals surface area contributed by atoms with Crippen molar-refractivity contribution in [2.75, 3.05) is 63.1 Å². The SMILES string of the molecule is CCS(=O)(=O)c1cccnc1S(=O)(=O)NC(=O)Nc1nc(OC)cc(OC)n1.CS(=O)(=O)NC(=O)c1cc(Oc2ccc(C(F)(F)F)cc2Cl)ccc1[N+](=O)[O-].C[S+](C)C.O=C(O)CNCP(=O)([O-])O. The average molecular weight is 1120 g/mol. The maximum Gasteiger partial charge on any atom is 0.416 e. The fourth-order valence-electron chi connectivity index (χ4n) is 4.27. The topological polar surface area (TPSA) is 392 Å². The summed E-state index contributed by atoms with van der Waals surface area (Å²) in [4.78, 5) is 72.7. The minimum absolute atomic E-state index is 0.0612. The predicted octanol–water partition coefficient (Wildman–Crippen LogP) is 2.60. The van der Waals surface area contributed by atoms with Crippen LogP contribution in [0.1, 0.15) is 22.8 Å². The van der Waals surface area contributed by atoms with Crippen molar-refractivity contribution in [1.29, 1.82) is 0 Å². The number of nitro benzene ring substituents is 1. The first-order valence-corrected chi connectivity index (χ1v) is 28.0.